The number of hydrogen-bond acceptors (Lipinski definition) is 0. The number of hydrogen-bond donors (Lipinski definition) is 0. The van der Waals surface area contributed by atoms with Crippen molar-refractivity contribution < 1.29 is 33.8 Å². The van der Waals surface area contributed by atoms with Gasteiger partial charge in [-0.25, -0.2) is 0 Å². The number of rotatable bonds is 1. The summed E-state index contributed by atoms with van der Waals surface area (Å²) in [4.78, 5) is 0. The average Bonchev–Trinajstić information content (AvgIpc) is 1.37. The van der Waals surface area contributed by atoms with Crippen molar-refractivity contribution in [2.24, 2.45) is 0 Å². The predicted molar refractivity (Wildman–Crippen MR) is 11.5 cm³/mol. The van der Waals surface area contributed by atoms with Crippen LogP contribution < -0.4 is 0 Å². The van der Waals surface area contributed by atoms with E-state index in [1.807, 2.05) is 0 Å². The molecule has 4 heavy (non-hydrogen) atoms. The Bertz CT molecular complexity index is 6.00. The van der Waals surface area contributed by atoms with Crippen LogP contribution in [0.5, 0.6) is 0 Å². The van der Waals surface area contributed by atoms with Crippen LogP contribution in [0.4, 0.5) is 0 Å². The Labute approximate surface area is 54.3 Å². The van der Waals surface area contributed by atoms with Crippen LogP contribution in [0.2, 0.25) is 0 Å². The average molecular weight is 542 g/mol. The fraction of sp³-hybridized carbons (Fsp3) is 0. The molecular weight excluding hydrogens is 542 g/mol. The molecule has 0 spiro atoms. The Morgan fingerprint density at radius 1 is 1.00 bits per heavy atom. The molecule has 0 bridgehead atoms. The van der Waals surface area contributed by atoms with Crippen molar-refractivity contribution in [2.45, 2.75) is 0 Å². The maximum absolute atomic E-state index is 2.27. The molecule has 0 atom stereocenters. The first-order valence-corrected chi connectivity index (χ1v) is 16.1. The van der Waals surface area contributed by atoms with Crippen LogP contribution in [0, 0.1) is 0 Å². The van der Waals surface area contributed by atoms with Crippen LogP contribution >= 0.6 is 0 Å². The van der Waals surface area contributed by atoms with Crippen molar-refractivity contribution in [3.05, 3.63) is 0 Å². The third kappa shape index (κ3) is 4.34. The first-order chi connectivity index (χ1) is 1.91. The van der Waals surface area contributed by atoms with Gasteiger partial charge < -0.3 is 0 Å². The van der Waals surface area contributed by atoms with Gasteiger partial charge in [-0.1, -0.05) is 0 Å². The molecule has 0 nitrogen and oxygen atoms in total. The van der Waals surface area contributed by atoms with Crippen molar-refractivity contribution in [3.63, 3.8) is 0 Å². The van der Waals surface area contributed by atoms with Gasteiger partial charge in [0.25, 0.3) is 0 Å². The van der Waals surface area contributed by atoms with Gasteiger partial charge in [0, 0.05) is 0 Å². The standard InChI is InChI=1S/2Ir.Se2/c;;1-2/q2*+1;-2. The quantitative estimate of drug-likeness (QED) is 0.383. The first-order valence-electron chi connectivity index (χ1n) is 0.439. The summed E-state index contributed by atoms with van der Waals surface area (Å²) in [7, 11) is 1.96. The summed E-state index contributed by atoms with van der Waals surface area (Å²) in [5.41, 5.74) is 0. The van der Waals surface area contributed by atoms with Crippen LogP contribution in [0.1, 0.15) is 0 Å². The summed E-state index contributed by atoms with van der Waals surface area (Å²) >= 11 is 4.54. The SMILES string of the molecule is [Ir][Se][Se][Ir]. The Morgan fingerprint density at radius 3 is 1.25 bits per heavy atom. The summed E-state index contributed by atoms with van der Waals surface area (Å²) in [5, 5.41) is 0. The predicted octanol–water partition coefficient (Wildman–Crippen LogP) is -0.767. The van der Waals surface area contributed by atoms with Crippen molar-refractivity contribution in [1.82, 2.24) is 0 Å². The van der Waals surface area contributed by atoms with Gasteiger partial charge in [-0.15, -0.1) is 0 Å². The molecular formula is Ir2Se2. The molecule has 0 amide bonds. The van der Waals surface area contributed by atoms with E-state index in [0.29, 0.717) is 0 Å². The van der Waals surface area contributed by atoms with Gasteiger partial charge in [-0.3, -0.25) is 0 Å². The van der Waals surface area contributed by atoms with Gasteiger partial charge in [0.2, 0.25) is 0 Å². The van der Waals surface area contributed by atoms with Crippen molar-refractivity contribution >= 4 is 21.4 Å². The molecule has 4 heteroatoms. The van der Waals surface area contributed by atoms with Crippen LogP contribution in [0.3, 0.4) is 0 Å². The zero-order valence-corrected chi connectivity index (χ0v) is 9.70. The molecule has 0 aromatic heterocycles. The Kier molecular flexibility index (Phi) is 8.46. The van der Waals surface area contributed by atoms with Gasteiger partial charge in [-0.2, -0.15) is 0 Å². The molecule has 0 N–H and O–H groups in total. The molecule has 0 saturated heterocycles. The summed E-state index contributed by atoms with van der Waals surface area (Å²) in [6, 6.07) is 0. The molecule has 0 rings (SSSR count). The second-order valence-electron chi connectivity index (χ2n) is 0.111. The van der Waals surface area contributed by atoms with Gasteiger partial charge in [0.15, 0.2) is 0 Å². The van der Waals surface area contributed by atoms with E-state index >= 15 is 0 Å². The van der Waals surface area contributed by atoms with E-state index in [-0.39, 0.29) is 0 Å². The molecule has 0 unspecified atom stereocenters. The molecule has 30 valence electrons. The van der Waals surface area contributed by atoms with Crippen molar-refractivity contribution in [3.8, 4) is 0 Å². The minimum atomic E-state index is 0.979. The molecule has 0 radical (unpaired) electrons. The molecule has 0 aromatic carbocycles. The fourth-order valence-corrected chi connectivity index (χ4v) is 0. The summed E-state index contributed by atoms with van der Waals surface area (Å²) in [5.74, 6) is 0. The minimum absolute atomic E-state index is 0.979. The van der Waals surface area contributed by atoms with Gasteiger partial charge in [-0.05, 0) is 0 Å². The Balaban J connectivity index is 1.97. The van der Waals surface area contributed by atoms with E-state index in [1.54, 1.807) is 0 Å². The molecule has 0 aromatic rings. The van der Waals surface area contributed by atoms with Crippen molar-refractivity contribution in [2.75, 3.05) is 0 Å². The van der Waals surface area contributed by atoms with E-state index in [4.69, 9.17) is 0 Å². The molecule has 0 heterocycles. The first kappa shape index (κ1) is 6.34. The van der Waals surface area contributed by atoms with E-state index in [9.17, 15) is 0 Å². The monoisotopic (exact) mass is 546 g/mol. The van der Waals surface area contributed by atoms with Crippen molar-refractivity contribution in [1.29, 1.82) is 0 Å². The van der Waals surface area contributed by atoms with Gasteiger partial charge in [0.1, 0.15) is 0 Å². The fourth-order valence-electron chi connectivity index (χ4n) is 0. The summed E-state index contributed by atoms with van der Waals surface area (Å²) < 4.78 is 0. The van der Waals surface area contributed by atoms with Gasteiger partial charge >= 0.3 is 55.1 Å². The van der Waals surface area contributed by atoms with E-state index in [1.165, 1.54) is 0 Å². The summed E-state index contributed by atoms with van der Waals surface area (Å²) in [6.07, 6.45) is 0. The van der Waals surface area contributed by atoms with Crippen LogP contribution in [0.25, 0.3) is 0 Å². The zero-order chi connectivity index (χ0) is 3.41. The third-order valence-corrected chi connectivity index (χ3v) is 33.5. The third-order valence-electron chi connectivity index (χ3n) is 0.0185. The second-order valence-corrected chi connectivity index (χ2v) is 24.6. The Hall–Kier alpha value is 2.34. The molecule has 0 fully saturated rings. The molecule has 0 aliphatic heterocycles. The Morgan fingerprint density at radius 2 is 1.25 bits per heavy atom. The van der Waals surface area contributed by atoms with Crippen LogP contribution in [-0.4, -0.2) is 21.4 Å². The maximum atomic E-state index is 2.27. The van der Waals surface area contributed by atoms with Crippen LogP contribution in [0.15, 0.2) is 0 Å². The van der Waals surface area contributed by atoms with Gasteiger partial charge in [0.05, 0.1) is 0 Å². The normalized spacial score (nSPS) is 8.00. The molecule has 0 aliphatic carbocycles. The second kappa shape index (κ2) is 5.34. The molecule has 0 saturated carbocycles. The van der Waals surface area contributed by atoms with E-state index < -0.39 is 0 Å². The molecule has 0 aliphatic rings. The van der Waals surface area contributed by atoms with E-state index in [0.717, 1.165) is 21.4 Å². The summed E-state index contributed by atoms with van der Waals surface area (Å²) in [6.45, 7) is 0. The van der Waals surface area contributed by atoms with E-state index in [2.05, 4.69) is 33.8 Å². The topological polar surface area (TPSA) is 0 Å². The van der Waals surface area contributed by atoms with Crippen LogP contribution in [-0.2, 0) is 33.8 Å². The zero-order valence-electron chi connectivity index (χ0n) is 1.48.